The molecule has 0 saturated heterocycles. The molecule has 0 aliphatic rings. The van der Waals surface area contributed by atoms with Crippen LogP contribution in [-0.4, -0.2) is 29.4 Å². The van der Waals surface area contributed by atoms with E-state index in [1.54, 1.807) is 13.3 Å². The lowest BCUT2D eigenvalue weighted by atomic mass is 10.1. The molecule has 1 N–H and O–H groups in total. The van der Waals surface area contributed by atoms with Crippen LogP contribution >= 0.6 is 0 Å². The largest absolute Gasteiger partial charge is 0.497 e. The summed E-state index contributed by atoms with van der Waals surface area (Å²) in [5.41, 5.74) is 0.910. The van der Waals surface area contributed by atoms with Crippen molar-refractivity contribution in [3.8, 4) is 5.75 Å². The number of aromatic nitrogens is 2. The van der Waals surface area contributed by atoms with Crippen LogP contribution in [0.3, 0.4) is 0 Å². The number of nitrogens with zero attached hydrogens (tertiary/aromatic N) is 2. The van der Waals surface area contributed by atoms with E-state index >= 15 is 0 Å². The summed E-state index contributed by atoms with van der Waals surface area (Å²) in [5, 5.41) is 2.89. The van der Waals surface area contributed by atoms with Gasteiger partial charge in [-0.15, -0.1) is 0 Å². The van der Waals surface area contributed by atoms with Crippen molar-refractivity contribution in [1.82, 2.24) is 14.9 Å². The number of carbonyl (C=O) groups is 1. The Morgan fingerprint density at radius 3 is 2.65 bits per heavy atom. The zero-order valence-corrected chi connectivity index (χ0v) is 13.8. The van der Waals surface area contributed by atoms with E-state index in [2.05, 4.69) is 17.2 Å². The van der Waals surface area contributed by atoms with Crippen molar-refractivity contribution < 1.29 is 14.3 Å². The minimum absolute atomic E-state index is 0.380. The Bertz CT molecular complexity index is 622. The maximum Gasteiger partial charge on any atom is 0.407 e. The molecule has 2 aromatic rings. The second-order valence-corrected chi connectivity index (χ2v) is 5.24. The highest BCUT2D eigenvalue weighted by Gasteiger charge is 2.21. The van der Waals surface area contributed by atoms with Crippen molar-refractivity contribution in [2.75, 3.05) is 13.7 Å². The van der Waals surface area contributed by atoms with E-state index in [1.807, 2.05) is 42.1 Å². The van der Waals surface area contributed by atoms with Crippen LogP contribution in [0, 0.1) is 0 Å². The average Bonchev–Trinajstić information content (AvgIpc) is 2.99. The SMILES string of the molecule is CCCCOC(=O)NC(c1ccc(OC)cc1)c1nccn1C. The molecule has 1 atom stereocenters. The monoisotopic (exact) mass is 317 g/mol. The fraction of sp³-hybridized carbons (Fsp3) is 0.412. The van der Waals surface area contributed by atoms with E-state index in [-0.39, 0.29) is 6.04 Å². The molecule has 2 rings (SSSR count). The first-order valence-corrected chi connectivity index (χ1v) is 7.70. The molecule has 124 valence electrons. The Hall–Kier alpha value is -2.50. The summed E-state index contributed by atoms with van der Waals surface area (Å²) in [6.45, 7) is 2.47. The molecule has 23 heavy (non-hydrogen) atoms. The van der Waals surface area contributed by atoms with Gasteiger partial charge in [0.2, 0.25) is 0 Å². The maximum absolute atomic E-state index is 12.0. The van der Waals surface area contributed by atoms with E-state index in [4.69, 9.17) is 9.47 Å². The molecule has 0 saturated carbocycles. The fourth-order valence-electron chi connectivity index (χ4n) is 2.22. The molecule has 6 heteroatoms. The highest BCUT2D eigenvalue weighted by molar-refractivity contribution is 5.68. The van der Waals surface area contributed by atoms with Crippen molar-refractivity contribution in [2.45, 2.75) is 25.8 Å². The number of rotatable bonds is 7. The number of benzene rings is 1. The first kappa shape index (κ1) is 16.9. The van der Waals surface area contributed by atoms with E-state index in [0.29, 0.717) is 6.61 Å². The van der Waals surface area contributed by atoms with Gasteiger partial charge in [0.1, 0.15) is 17.6 Å². The molecule has 0 aliphatic heterocycles. The smallest absolute Gasteiger partial charge is 0.407 e. The third kappa shape index (κ3) is 4.48. The quantitative estimate of drug-likeness (QED) is 0.797. The predicted molar refractivity (Wildman–Crippen MR) is 87.4 cm³/mol. The standard InChI is InChI=1S/C17H23N3O3/c1-4-5-12-23-17(21)19-15(16-18-10-11-20(16)2)13-6-8-14(22-3)9-7-13/h6-11,15H,4-5,12H2,1-3H3,(H,19,21). The zero-order chi connectivity index (χ0) is 16.7. The summed E-state index contributed by atoms with van der Waals surface area (Å²) in [6, 6.07) is 7.15. The lowest BCUT2D eigenvalue weighted by molar-refractivity contribution is 0.141. The summed E-state index contributed by atoms with van der Waals surface area (Å²) in [7, 11) is 3.51. The van der Waals surface area contributed by atoms with Gasteiger partial charge in [-0.2, -0.15) is 0 Å². The van der Waals surface area contributed by atoms with Crippen LogP contribution in [0.1, 0.15) is 37.2 Å². The van der Waals surface area contributed by atoms with Crippen LogP contribution in [0.5, 0.6) is 5.75 Å². The van der Waals surface area contributed by atoms with Crippen LogP contribution in [0.4, 0.5) is 4.79 Å². The summed E-state index contributed by atoms with van der Waals surface area (Å²) < 4.78 is 12.3. The van der Waals surface area contributed by atoms with Gasteiger partial charge in [0.05, 0.1) is 13.7 Å². The molecule has 1 unspecified atom stereocenters. The van der Waals surface area contributed by atoms with Crippen LogP contribution in [0.2, 0.25) is 0 Å². The number of amides is 1. The molecule has 0 aliphatic carbocycles. The number of hydrogen-bond acceptors (Lipinski definition) is 4. The summed E-state index contributed by atoms with van der Waals surface area (Å²) >= 11 is 0. The molecule has 6 nitrogen and oxygen atoms in total. The number of aryl methyl sites for hydroxylation is 1. The summed E-state index contributed by atoms with van der Waals surface area (Å²) in [4.78, 5) is 16.4. The third-order valence-electron chi connectivity index (χ3n) is 3.56. The molecule has 0 spiro atoms. The highest BCUT2D eigenvalue weighted by atomic mass is 16.5. The number of hydrogen-bond donors (Lipinski definition) is 1. The number of carbonyl (C=O) groups excluding carboxylic acids is 1. The second kappa shape index (κ2) is 8.22. The minimum Gasteiger partial charge on any atom is -0.497 e. The Morgan fingerprint density at radius 1 is 1.35 bits per heavy atom. The fourth-order valence-corrected chi connectivity index (χ4v) is 2.22. The van der Waals surface area contributed by atoms with Gasteiger partial charge in [0.25, 0.3) is 0 Å². The van der Waals surface area contributed by atoms with Crippen molar-refractivity contribution in [3.05, 3.63) is 48.0 Å². The summed E-state index contributed by atoms with van der Waals surface area (Å²) in [6.07, 6.45) is 4.94. The van der Waals surface area contributed by atoms with Crippen LogP contribution in [0.25, 0.3) is 0 Å². The van der Waals surface area contributed by atoms with Gasteiger partial charge in [-0.3, -0.25) is 0 Å². The number of methoxy groups -OCH3 is 1. The minimum atomic E-state index is -0.442. The molecular weight excluding hydrogens is 294 g/mol. The Labute approximate surface area is 136 Å². The van der Waals surface area contributed by atoms with Crippen LogP contribution < -0.4 is 10.1 Å². The van der Waals surface area contributed by atoms with Gasteiger partial charge in [-0.05, 0) is 24.1 Å². The van der Waals surface area contributed by atoms with Gasteiger partial charge in [0.15, 0.2) is 0 Å². The Balaban J connectivity index is 2.18. The van der Waals surface area contributed by atoms with Gasteiger partial charge < -0.3 is 19.4 Å². The predicted octanol–water partition coefficient (Wildman–Crippen LogP) is 3.04. The number of alkyl carbamates (subject to hydrolysis) is 1. The van der Waals surface area contributed by atoms with Crippen molar-refractivity contribution in [2.24, 2.45) is 7.05 Å². The van der Waals surface area contributed by atoms with Crippen molar-refractivity contribution in [1.29, 1.82) is 0 Å². The third-order valence-corrected chi connectivity index (χ3v) is 3.56. The Morgan fingerprint density at radius 2 is 2.09 bits per heavy atom. The topological polar surface area (TPSA) is 65.4 Å². The van der Waals surface area contributed by atoms with E-state index in [9.17, 15) is 4.79 Å². The lowest BCUT2D eigenvalue weighted by Gasteiger charge is -2.19. The molecule has 1 aromatic heterocycles. The lowest BCUT2D eigenvalue weighted by Crippen LogP contribution is -2.31. The van der Waals surface area contributed by atoms with Crippen LogP contribution in [-0.2, 0) is 11.8 Å². The summed E-state index contributed by atoms with van der Waals surface area (Å²) in [5.74, 6) is 1.50. The van der Waals surface area contributed by atoms with Crippen molar-refractivity contribution in [3.63, 3.8) is 0 Å². The van der Waals surface area contributed by atoms with Gasteiger partial charge in [-0.1, -0.05) is 25.5 Å². The molecule has 1 heterocycles. The molecule has 0 radical (unpaired) electrons. The number of ether oxygens (including phenoxy) is 2. The zero-order valence-electron chi connectivity index (χ0n) is 13.8. The van der Waals surface area contributed by atoms with Crippen molar-refractivity contribution >= 4 is 6.09 Å². The van der Waals surface area contributed by atoms with Crippen LogP contribution in [0.15, 0.2) is 36.7 Å². The van der Waals surface area contributed by atoms with E-state index < -0.39 is 6.09 Å². The molecular formula is C17H23N3O3. The molecule has 1 amide bonds. The number of imidazole rings is 1. The first-order chi connectivity index (χ1) is 11.2. The first-order valence-electron chi connectivity index (χ1n) is 7.70. The highest BCUT2D eigenvalue weighted by Crippen LogP contribution is 2.23. The maximum atomic E-state index is 12.0. The number of unbranched alkanes of at least 4 members (excludes halogenated alkanes) is 1. The molecule has 0 bridgehead atoms. The molecule has 1 aromatic carbocycles. The molecule has 0 fully saturated rings. The average molecular weight is 317 g/mol. The van der Waals surface area contributed by atoms with Gasteiger partial charge in [0, 0.05) is 19.4 Å². The van der Waals surface area contributed by atoms with E-state index in [1.165, 1.54) is 0 Å². The second-order valence-electron chi connectivity index (χ2n) is 5.24. The number of nitrogens with one attached hydrogen (secondary N) is 1. The van der Waals surface area contributed by atoms with E-state index in [0.717, 1.165) is 30.0 Å². The normalized spacial score (nSPS) is 11.8. The Kier molecular flexibility index (Phi) is 6.02. The van der Waals surface area contributed by atoms with Gasteiger partial charge in [-0.25, -0.2) is 9.78 Å². The van der Waals surface area contributed by atoms with Gasteiger partial charge >= 0.3 is 6.09 Å².